The van der Waals surface area contributed by atoms with Crippen molar-refractivity contribution in [2.75, 3.05) is 32.5 Å². The fraction of sp³-hybridized carbons (Fsp3) is 0.579. The standard InChI is InChI=1S/C19H29N3O2/c1-22(2)12-11-20-19(24)16-9-6-10-17(14-16)21-18(23)13-15-7-4-3-5-8-15/h6,9-10,14-15H,3-5,7-8,11-13H2,1-2H3,(H,20,24)(H,21,23). The summed E-state index contributed by atoms with van der Waals surface area (Å²) in [5.41, 5.74) is 1.26. The first-order valence-corrected chi connectivity index (χ1v) is 8.87. The molecule has 0 bridgehead atoms. The number of carbonyl (C=O) groups is 2. The second-order valence-corrected chi connectivity index (χ2v) is 6.90. The van der Waals surface area contributed by atoms with Crippen LogP contribution in [0.25, 0.3) is 0 Å². The van der Waals surface area contributed by atoms with Crippen molar-refractivity contribution in [3.63, 3.8) is 0 Å². The molecule has 2 amide bonds. The van der Waals surface area contributed by atoms with Gasteiger partial charge in [-0.2, -0.15) is 0 Å². The van der Waals surface area contributed by atoms with Gasteiger partial charge in [-0.25, -0.2) is 0 Å². The molecule has 1 aliphatic carbocycles. The van der Waals surface area contributed by atoms with E-state index in [4.69, 9.17) is 0 Å². The van der Waals surface area contributed by atoms with Crippen LogP contribution in [0.5, 0.6) is 0 Å². The van der Waals surface area contributed by atoms with Crippen molar-refractivity contribution in [2.24, 2.45) is 5.92 Å². The SMILES string of the molecule is CN(C)CCNC(=O)c1cccc(NC(=O)CC2CCCCC2)c1. The molecule has 1 fully saturated rings. The number of anilines is 1. The van der Waals surface area contributed by atoms with Crippen LogP contribution in [0.4, 0.5) is 5.69 Å². The van der Waals surface area contributed by atoms with Crippen LogP contribution in [0.1, 0.15) is 48.9 Å². The number of carbonyl (C=O) groups excluding carboxylic acids is 2. The quantitative estimate of drug-likeness (QED) is 0.807. The van der Waals surface area contributed by atoms with Crippen LogP contribution in [0.2, 0.25) is 0 Å². The van der Waals surface area contributed by atoms with Gasteiger partial charge >= 0.3 is 0 Å². The zero-order chi connectivity index (χ0) is 17.4. The molecule has 0 heterocycles. The van der Waals surface area contributed by atoms with Crippen molar-refractivity contribution in [3.8, 4) is 0 Å². The first-order chi connectivity index (χ1) is 11.5. The summed E-state index contributed by atoms with van der Waals surface area (Å²) in [4.78, 5) is 26.3. The Balaban J connectivity index is 1.84. The smallest absolute Gasteiger partial charge is 0.251 e. The Morgan fingerprint density at radius 2 is 1.92 bits per heavy atom. The molecule has 0 aromatic heterocycles. The highest BCUT2D eigenvalue weighted by Gasteiger charge is 2.17. The van der Waals surface area contributed by atoms with E-state index in [1.165, 1.54) is 19.3 Å². The van der Waals surface area contributed by atoms with Crippen molar-refractivity contribution in [1.29, 1.82) is 0 Å². The van der Waals surface area contributed by atoms with Gasteiger partial charge in [0.2, 0.25) is 5.91 Å². The minimum absolute atomic E-state index is 0.0482. The summed E-state index contributed by atoms with van der Waals surface area (Å²) >= 11 is 0. The number of rotatable bonds is 7. The summed E-state index contributed by atoms with van der Waals surface area (Å²) in [6, 6.07) is 7.14. The zero-order valence-corrected chi connectivity index (χ0v) is 14.8. The molecule has 132 valence electrons. The molecular formula is C19H29N3O2. The second kappa shape index (κ2) is 9.42. The normalized spacial score (nSPS) is 15.3. The molecule has 0 unspecified atom stereocenters. The van der Waals surface area contributed by atoms with Crippen LogP contribution in [0.15, 0.2) is 24.3 Å². The molecule has 1 aliphatic rings. The topological polar surface area (TPSA) is 61.4 Å². The second-order valence-electron chi connectivity index (χ2n) is 6.90. The largest absolute Gasteiger partial charge is 0.351 e. The maximum Gasteiger partial charge on any atom is 0.251 e. The number of nitrogens with one attached hydrogen (secondary N) is 2. The minimum atomic E-state index is -0.111. The lowest BCUT2D eigenvalue weighted by molar-refractivity contribution is -0.117. The van der Waals surface area contributed by atoms with Crippen molar-refractivity contribution >= 4 is 17.5 Å². The van der Waals surface area contributed by atoms with E-state index in [0.717, 1.165) is 19.4 Å². The van der Waals surface area contributed by atoms with Gasteiger partial charge in [-0.3, -0.25) is 9.59 Å². The van der Waals surface area contributed by atoms with Gasteiger partial charge in [-0.1, -0.05) is 25.3 Å². The highest BCUT2D eigenvalue weighted by atomic mass is 16.2. The van der Waals surface area contributed by atoms with E-state index in [1.54, 1.807) is 18.2 Å². The van der Waals surface area contributed by atoms with Gasteiger partial charge in [-0.15, -0.1) is 0 Å². The lowest BCUT2D eigenvalue weighted by Gasteiger charge is -2.20. The number of hydrogen-bond donors (Lipinski definition) is 2. The molecule has 0 aliphatic heterocycles. The van der Waals surface area contributed by atoms with Crippen LogP contribution in [-0.4, -0.2) is 43.9 Å². The lowest BCUT2D eigenvalue weighted by atomic mass is 9.87. The average Bonchev–Trinajstić information content (AvgIpc) is 2.55. The summed E-state index contributed by atoms with van der Waals surface area (Å²) in [5, 5.41) is 5.81. The number of nitrogens with zero attached hydrogens (tertiary/aromatic N) is 1. The van der Waals surface area contributed by atoms with Gasteiger partial charge in [-0.05, 0) is 51.1 Å². The van der Waals surface area contributed by atoms with E-state index in [0.29, 0.717) is 30.1 Å². The van der Waals surface area contributed by atoms with E-state index in [9.17, 15) is 9.59 Å². The molecule has 1 aromatic carbocycles. The summed E-state index contributed by atoms with van der Waals surface area (Å²) in [6.07, 6.45) is 6.66. The lowest BCUT2D eigenvalue weighted by Crippen LogP contribution is -2.31. The van der Waals surface area contributed by atoms with E-state index in [1.807, 2.05) is 25.1 Å². The van der Waals surface area contributed by atoms with Crippen LogP contribution < -0.4 is 10.6 Å². The third-order valence-electron chi connectivity index (χ3n) is 4.45. The first kappa shape index (κ1) is 18.5. The number of hydrogen-bond acceptors (Lipinski definition) is 3. The van der Waals surface area contributed by atoms with Crippen LogP contribution in [0.3, 0.4) is 0 Å². The van der Waals surface area contributed by atoms with Gasteiger partial charge in [0.1, 0.15) is 0 Å². The summed E-state index contributed by atoms with van der Waals surface area (Å²) in [7, 11) is 3.93. The summed E-state index contributed by atoms with van der Waals surface area (Å²) < 4.78 is 0. The summed E-state index contributed by atoms with van der Waals surface area (Å²) in [5.74, 6) is 0.448. The third-order valence-corrected chi connectivity index (χ3v) is 4.45. The van der Waals surface area contributed by atoms with Gasteiger partial charge in [0.15, 0.2) is 0 Å². The van der Waals surface area contributed by atoms with E-state index in [2.05, 4.69) is 10.6 Å². The fourth-order valence-electron chi connectivity index (χ4n) is 3.10. The van der Waals surface area contributed by atoms with Crippen LogP contribution >= 0.6 is 0 Å². The molecule has 2 rings (SSSR count). The maximum absolute atomic E-state index is 12.2. The molecule has 0 spiro atoms. The molecule has 1 saturated carbocycles. The van der Waals surface area contributed by atoms with Gasteiger partial charge in [0, 0.05) is 30.8 Å². The van der Waals surface area contributed by atoms with Crippen molar-refractivity contribution in [2.45, 2.75) is 38.5 Å². The van der Waals surface area contributed by atoms with E-state index >= 15 is 0 Å². The van der Waals surface area contributed by atoms with Gasteiger partial charge in [0.25, 0.3) is 5.91 Å². The molecular weight excluding hydrogens is 302 g/mol. The highest BCUT2D eigenvalue weighted by molar-refractivity contribution is 5.97. The van der Waals surface area contributed by atoms with Crippen molar-refractivity contribution in [1.82, 2.24) is 10.2 Å². The number of benzene rings is 1. The van der Waals surface area contributed by atoms with Gasteiger partial charge < -0.3 is 15.5 Å². The Morgan fingerprint density at radius 1 is 1.17 bits per heavy atom. The number of likely N-dealkylation sites (N-methyl/N-ethyl adjacent to an activating group) is 1. The van der Waals surface area contributed by atoms with Crippen molar-refractivity contribution in [3.05, 3.63) is 29.8 Å². The Hall–Kier alpha value is -1.88. The minimum Gasteiger partial charge on any atom is -0.351 e. The molecule has 0 radical (unpaired) electrons. The molecule has 0 atom stereocenters. The fourth-order valence-corrected chi connectivity index (χ4v) is 3.10. The highest BCUT2D eigenvalue weighted by Crippen LogP contribution is 2.26. The predicted octanol–water partition coefficient (Wildman–Crippen LogP) is 2.89. The molecule has 5 nitrogen and oxygen atoms in total. The Labute approximate surface area is 144 Å². The summed E-state index contributed by atoms with van der Waals surface area (Å²) in [6.45, 7) is 1.40. The molecule has 0 saturated heterocycles. The Kier molecular flexibility index (Phi) is 7.25. The van der Waals surface area contributed by atoms with Gasteiger partial charge in [0.05, 0.1) is 0 Å². The molecule has 5 heteroatoms. The first-order valence-electron chi connectivity index (χ1n) is 8.87. The number of amides is 2. The average molecular weight is 331 g/mol. The Bertz CT molecular complexity index is 551. The van der Waals surface area contributed by atoms with E-state index in [-0.39, 0.29) is 11.8 Å². The maximum atomic E-state index is 12.2. The predicted molar refractivity (Wildman–Crippen MR) is 97.2 cm³/mol. The van der Waals surface area contributed by atoms with Crippen molar-refractivity contribution < 1.29 is 9.59 Å². The van der Waals surface area contributed by atoms with Crippen LogP contribution in [-0.2, 0) is 4.79 Å². The molecule has 1 aromatic rings. The molecule has 2 N–H and O–H groups in total. The Morgan fingerprint density at radius 3 is 2.62 bits per heavy atom. The molecule has 24 heavy (non-hydrogen) atoms. The zero-order valence-electron chi connectivity index (χ0n) is 14.8. The third kappa shape index (κ3) is 6.32. The monoisotopic (exact) mass is 331 g/mol. The van der Waals surface area contributed by atoms with Crippen LogP contribution in [0, 0.1) is 5.92 Å². The van der Waals surface area contributed by atoms with E-state index < -0.39 is 0 Å².